The largest absolute Gasteiger partial charge is 0.497 e. The van der Waals surface area contributed by atoms with Crippen LogP contribution in [-0.2, 0) is 33.9 Å². The molecule has 1 aromatic heterocycles. The van der Waals surface area contributed by atoms with Gasteiger partial charge in [0.15, 0.2) is 5.78 Å². The Balaban J connectivity index is 1.45. The molecule has 15 nitrogen and oxygen atoms in total. The van der Waals surface area contributed by atoms with E-state index in [1.165, 1.54) is 17.1 Å². The van der Waals surface area contributed by atoms with Gasteiger partial charge in [-0.2, -0.15) is 0 Å². The van der Waals surface area contributed by atoms with Crippen LogP contribution in [0.25, 0.3) is 10.8 Å². The van der Waals surface area contributed by atoms with Crippen molar-refractivity contribution in [1.82, 2.24) is 25.2 Å². The van der Waals surface area contributed by atoms with E-state index in [0.717, 1.165) is 5.39 Å². The molecule has 3 fully saturated rings. The maximum atomic E-state index is 14.6. The van der Waals surface area contributed by atoms with Crippen molar-refractivity contribution in [2.75, 3.05) is 13.7 Å². The van der Waals surface area contributed by atoms with E-state index in [4.69, 9.17) is 14.2 Å². The lowest BCUT2D eigenvalue weighted by Gasteiger charge is -2.30. The van der Waals surface area contributed by atoms with Crippen LogP contribution in [0.1, 0.15) is 80.1 Å². The van der Waals surface area contributed by atoms with E-state index in [-0.39, 0.29) is 49.3 Å². The lowest BCUT2D eigenvalue weighted by molar-refractivity contribution is -0.141. The number of fused-ring (bicyclic) bond motifs is 1. The number of nitrogens with one attached hydrogen (secondary N) is 3. The molecule has 1 aliphatic heterocycles. The van der Waals surface area contributed by atoms with Gasteiger partial charge in [-0.05, 0) is 87.6 Å². The number of carbonyl (C=O) groups is 5. The highest BCUT2D eigenvalue weighted by Gasteiger charge is 2.62. The van der Waals surface area contributed by atoms with Crippen molar-refractivity contribution in [2.45, 2.75) is 115 Å². The molecule has 0 bridgehead atoms. The molecule has 0 radical (unpaired) electrons. The predicted molar refractivity (Wildman–Crippen MR) is 208 cm³/mol. The molecule has 2 saturated carbocycles. The molecular formula is C40H53N5O10S. The smallest absolute Gasteiger partial charge is 0.408 e. The number of likely N-dealkylation sites (tertiary alicyclic amines) is 1. The van der Waals surface area contributed by atoms with E-state index in [9.17, 15) is 32.4 Å². The van der Waals surface area contributed by atoms with Gasteiger partial charge in [-0.3, -0.25) is 23.9 Å². The summed E-state index contributed by atoms with van der Waals surface area (Å²) in [7, 11) is -2.38. The lowest BCUT2D eigenvalue weighted by Crippen LogP contribution is -2.58. The predicted octanol–water partition coefficient (Wildman–Crippen LogP) is 4.11. The van der Waals surface area contributed by atoms with Crippen molar-refractivity contribution >= 4 is 50.4 Å². The second kappa shape index (κ2) is 16.2. The number of sulfonamides is 1. The molecule has 0 unspecified atom stereocenters. The van der Waals surface area contributed by atoms with E-state index in [1.807, 2.05) is 26.8 Å². The normalized spacial score (nSPS) is 22.9. The molecule has 16 heteroatoms. The number of rotatable bonds is 15. The zero-order valence-corrected chi connectivity index (χ0v) is 33.9. The van der Waals surface area contributed by atoms with E-state index in [1.54, 1.807) is 58.4 Å². The van der Waals surface area contributed by atoms with E-state index >= 15 is 0 Å². The summed E-state index contributed by atoms with van der Waals surface area (Å²) in [6.07, 6.45) is 5.25. The van der Waals surface area contributed by atoms with Crippen molar-refractivity contribution in [2.24, 2.45) is 11.3 Å². The molecule has 1 aromatic carbocycles. The molecule has 304 valence electrons. The zero-order chi connectivity index (χ0) is 41.2. The topological polar surface area (TPSA) is 199 Å². The van der Waals surface area contributed by atoms with Crippen LogP contribution in [0.2, 0.25) is 0 Å². The molecule has 5 atom stereocenters. The summed E-state index contributed by atoms with van der Waals surface area (Å²) < 4.78 is 44.8. The Morgan fingerprint density at radius 2 is 1.80 bits per heavy atom. The first kappa shape index (κ1) is 42.2. The number of aromatic nitrogens is 1. The number of carbonyl (C=O) groups excluding carboxylic acids is 5. The number of alkyl carbamates (subject to hydrolysis) is 1. The standard InChI is InChI=1S/C40H53N5O10S/c1-9-25-22-40(25,36(49)44-56(51,52)29-12-13-29)43-33(47)32-21-28(54-34-30-14-11-27(53-8)20-24(30)17-19-41-34)23-45(32)35(48)31(42-37(50)55-39(5,6)7)15-10-26(46)16-18-38(2,3)4/h9,11,14,16-20,25,28-29,31-32H,1,10,12-13,15,21-23H2,2-8H3,(H,42,50)(H,43,47)(H,44,49)/t25-,28-,31+,32+,40-/m1/s1. The van der Waals surface area contributed by atoms with Crippen LogP contribution >= 0.6 is 0 Å². The van der Waals surface area contributed by atoms with Crippen molar-refractivity contribution in [3.8, 4) is 11.6 Å². The van der Waals surface area contributed by atoms with Crippen molar-refractivity contribution in [3.05, 3.63) is 55.3 Å². The summed E-state index contributed by atoms with van der Waals surface area (Å²) in [5.41, 5.74) is -2.77. The van der Waals surface area contributed by atoms with E-state index in [2.05, 4.69) is 26.9 Å². The first-order valence-corrected chi connectivity index (χ1v) is 20.3. The minimum atomic E-state index is -3.94. The number of methoxy groups -OCH3 is 1. The number of hydrogen-bond acceptors (Lipinski definition) is 11. The lowest BCUT2D eigenvalue weighted by atomic mass is 9.95. The number of ketones is 1. The third-order valence-electron chi connectivity index (χ3n) is 9.75. The third-order valence-corrected chi connectivity index (χ3v) is 11.6. The second-order valence-electron chi connectivity index (χ2n) is 16.8. The quantitative estimate of drug-likeness (QED) is 0.173. The van der Waals surface area contributed by atoms with Gasteiger partial charge in [-0.15, -0.1) is 6.58 Å². The Bertz CT molecular complexity index is 2020. The monoisotopic (exact) mass is 795 g/mol. The van der Waals surface area contributed by atoms with Gasteiger partial charge in [-0.25, -0.2) is 18.2 Å². The second-order valence-corrected chi connectivity index (χ2v) is 18.7. The molecule has 5 rings (SSSR count). The highest BCUT2D eigenvalue weighted by atomic mass is 32.2. The first-order chi connectivity index (χ1) is 26.1. The van der Waals surface area contributed by atoms with Crippen LogP contribution in [0.4, 0.5) is 4.79 Å². The Morgan fingerprint density at radius 3 is 2.41 bits per heavy atom. The maximum absolute atomic E-state index is 14.6. The minimum absolute atomic E-state index is 0.0466. The van der Waals surface area contributed by atoms with Gasteiger partial charge in [0.05, 0.1) is 18.9 Å². The number of allylic oxidation sites excluding steroid dienone is 2. The summed E-state index contributed by atoms with van der Waals surface area (Å²) in [6.45, 7) is 14.4. The molecular weight excluding hydrogens is 743 g/mol. The third kappa shape index (κ3) is 10.4. The minimum Gasteiger partial charge on any atom is -0.497 e. The zero-order valence-electron chi connectivity index (χ0n) is 33.0. The summed E-state index contributed by atoms with van der Waals surface area (Å²) in [4.78, 5) is 74.1. The number of ether oxygens (including phenoxy) is 3. The Hall–Kier alpha value is -4.99. The Kier molecular flexibility index (Phi) is 12.2. The Labute approximate surface area is 328 Å². The molecule has 4 amide bonds. The summed E-state index contributed by atoms with van der Waals surface area (Å²) in [5, 5.41) is 6.12. The van der Waals surface area contributed by atoms with Crippen LogP contribution in [0, 0.1) is 11.3 Å². The average molecular weight is 796 g/mol. The summed E-state index contributed by atoms with van der Waals surface area (Å²) in [5.74, 6) is -2.26. The van der Waals surface area contributed by atoms with Gasteiger partial charge in [0.25, 0.3) is 5.91 Å². The van der Waals surface area contributed by atoms with Gasteiger partial charge in [0.1, 0.15) is 35.1 Å². The number of nitrogens with zero attached hydrogens (tertiary/aromatic N) is 2. The van der Waals surface area contributed by atoms with E-state index in [0.29, 0.717) is 24.0 Å². The van der Waals surface area contributed by atoms with Crippen molar-refractivity contribution < 1.29 is 46.6 Å². The highest BCUT2D eigenvalue weighted by Crippen LogP contribution is 2.45. The summed E-state index contributed by atoms with van der Waals surface area (Å²) >= 11 is 0. The van der Waals surface area contributed by atoms with Crippen molar-refractivity contribution in [3.63, 3.8) is 0 Å². The molecule has 3 N–H and O–H groups in total. The number of hydrogen-bond donors (Lipinski definition) is 3. The highest BCUT2D eigenvalue weighted by molar-refractivity contribution is 7.91. The molecule has 2 aromatic rings. The fraction of sp³-hybridized carbons (Fsp3) is 0.550. The van der Waals surface area contributed by atoms with Crippen LogP contribution in [0.5, 0.6) is 11.6 Å². The van der Waals surface area contributed by atoms with Gasteiger partial charge in [0, 0.05) is 30.3 Å². The van der Waals surface area contributed by atoms with E-state index < -0.39 is 74.3 Å². The number of pyridine rings is 1. The van der Waals surface area contributed by atoms with Gasteiger partial charge >= 0.3 is 6.09 Å². The first-order valence-electron chi connectivity index (χ1n) is 18.8. The molecule has 2 heterocycles. The van der Waals surface area contributed by atoms with Gasteiger partial charge in [-0.1, -0.05) is 32.9 Å². The fourth-order valence-corrected chi connectivity index (χ4v) is 7.89. The van der Waals surface area contributed by atoms with Crippen LogP contribution < -0.4 is 24.8 Å². The fourth-order valence-electron chi connectivity index (χ4n) is 6.52. The maximum Gasteiger partial charge on any atom is 0.408 e. The Morgan fingerprint density at radius 1 is 1.09 bits per heavy atom. The number of amides is 4. The molecule has 0 spiro atoms. The number of benzene rings is 1. The molecule has 2 aliphatic carbocycles. The van der Waals surface area contributed by atoms with Crippen LogP contribution in [0.3, 0.4) is 0 Å². The van der Waals surface area contributed by atoms with Gasteiger partial charge < -0.3 is 29.7 Å². The SMILES string of the molecule is C=C[C@@H]1C[C@]1(NC(=O)[C@@H]1C[C@@H](Oc2nccc3cc(OC)ccc23)CN1C(=O)[C@H](CCC(=O)C=CC(C)(C)C)NC(=O)OC(C)(C)C)C(=O)NS(=O)(=O)C1CC1. The van der Waals surface area contributed by atoms with Crippen LogP contribution in [0.15, 0.2) is 55.3 Å². The van der Waals surface area contributed by atoms with Crippen LogP contribution in [-0.4, -0.2) is 96.1 Å². The van der Waals surface area contributed by atoms with Crippen molar-refractivity contribution in [1.29, 1.82) is 0 Å². The molecule has 1 saturated heterocycles. The van der Waals surface area contributed by atoms with Gasteiger partial charge in [0.2, 0.25) is 27.7 Å². The average Bonchev–Trinajstić information content (AvgIpc) is 4.04. The molecule has 56 heavy (non-hydrogen) atoms. The summed E-state index contributed by atoms with van der Waals surface area (Å²) in [6, 6.07) is 4.60. The molecule has 3 aliphatic rings.